The van der Waals surface area contributed by atoms with E-state index in [0.717, 1.165) is 6.42 Å². The van der Waals surface area contributed by atoms with Crippen LogP contribution in [-0.2, 0) is 4.12 Å². The summed E-state index contributed by atoms with van der Waals surface area (Å²) in [6, 6.07) is 0. The summed E-state index contributed by atoms with van der Waals surface area (Å²) in [6.45, 7) is 12.1. The van der Waals surface area contributed by atoms with Gasteiger partial charge in [0.25, 0.3) is 0 Å². The fourth-order valence-electron chi connectivity index (χ4n) is 1.23. The van der Waals surface area contributed by atoms with E-state index >= 15 is 0 Å². The van der Waals surface area contributed by atoms with Crippen molar-refractivity contribution in [3.05, 3.63) is 0 Å². The smallest absolute Gasteiger partial charge is 0.839 e. The molecule has 0 amide bonds. The number of hydrogen-bond acceptors (Lipinski definition) is 2. The Morgan fingerprint density at radius 3 is 1.85 bits per heavy atom. The van der Waals surface area contributed by atoms with Gasteiger partial charge in [0.05, 0.1) is 8.56 Å². The van der Waals surface area contributed by atoms with E-state index < -0.39 is 16.9 Å². The Labute approximate surface area is 96.6 Å². The summed E-state index contributed by atoms with van der Waals surface area (Å²) in [5.41, 5.74) is 0.582. The first-order valence-corrected chi connectivity index (χ1v) is 10.4. The summed E-state index contributed by atoms with van der Waals surface area (Å²) in [7, 11) is -4.25. The molecule has 0 rings (SSSR count). The second-order valence-electron chi connectivity index (χ2n) is 4.41. The summed E-state index contributed by atoms with van der Waals surface area (Å²) < 4.78 is 5.70. The molecule has 0 aromatic carbocycles. The van der Waals surface area contributed by atoms with E-state index in [4.69, 9.17) is 4.12 Å². The van der Waals surface area contributed by atoms with Gasteiger partial charge in [-0.05, 0) is 18.6 Å². The normalized spacial score (nSPS) is 15.0. The Kier molecular flexibility index (Phi) is 7.23. The molecule has 0 saturated carbocycles. The van der Waals surface area contributed by atoms with Gasteiger partial charge < -0.3 is 8.91 Å². The minimum absolute atomic E-state index is 0. The van der Waals surface area contributed by atoms with Crippen LogP contribution in [0.1, 0.15) is 20.3 Å². The molecule has 2 nitrogen and oxygen atoms in total. The second-order valence-corrected chi connectivity index (χ2v) is 12.2. The van der Waals surface area contributed by atoms with Crippen LogP contribution in [0.4, 0.5) is 0 Å². The van der Waals surface area contributed by atoms with Gasteiger partial charge in [-0.2, -0.15) is 0 Å². The molecule has 74 valence electrons. The maximum atomic E-state index is 11.5. The summed E-state index contributed by atoms with van der Waals surface area (Å²) in [5, 5.41) is 0. The molecule has 1 atom stereocenters. The number of rotatable bonds is 4. The van der Waals surface area contributed by atoms with Crippen LogP contribution >= 0.6 is 0 Å². The van der Waals surface area contributed by atoms with Crippen LogP contribution in [0, 0.1) is 0 Å². The maximum Gasteiger partial charge on any atom is 1.00 e. The summed E-state index contributed by atoms with van der Waals surface area (Å²) in [6.07, 6.45) is 1.11. The molecular weight excluding hydrogens is 191 g/mol. The van der Waals surface area contributed by atoms with E-state index in [1.165, 1.54) is 0 Å². The molecule has 5 heteroatoms. The molecule has 0 heterocycles. The first-order chi connectivity index (χ1) is 5.19. The van der Waals surface area contributed by atoms with Gasteiger partial charge in [0.2, 0.25) is 0 Å². The molecule has 0 fully saturated rings. The van der Waals surface area contributed by atoms with Gasteiger partial charge in [0.15, 0.2) is 8.32 Å². The third kappa shape index (κ3) is 6.95. The van der Waals surface area contributed by atoms with Gasteiger partial charge in [-0.1, -0.05) is 33.4 Å². The fourth-order valence-corrected chi connectivity index (χ4v) is 8.08. The average molecular weight is 212 g/mol. The largest absolute Gasteiger partial charge is 1.00 e. The van der Waals surface area contributed by atoms with Gasteiger partial charge in [-0.3, -0.25) is 0 Å². The maximum absolute atomic E-state index is 11.5. The van der Waals surface area contributed by atoms with Crippen LogP contribution in [0.5, 0.6) is 0 Å². The fraction of sp³-hybridized carbons (Fsp3) is 1.00. The van der Waals surface area contributed by atoms with Crippen molar-refractivity contribution in [3.8, 4) is 0 Å². The van der Waals surface area contributed by atoms with Gasteiger partial charge in [-0.25, -0.2) is 0 Å². The molecule has 0 aromatic rings. The first kappa shape index (κ1) is 16.4. The predicted molar refractivity (Wildman–Crippen MR) is 55.8 cm³/mol. The standard InChI is InChI=1S/C8H21O2Si2.Li/c1-7-8(2)11(3,4)10-12(5,6)9;/h8H,7H2,1-6H3;/q-1;+1. The van der Waals surface area contributed by atoms with E-state index in [0.29, 0.717) is 5.54 Å². The molecule has 0 aliphatic heterocycles. The molecule has 0 saturated heterocycles. The van der Waals surface area contributed by atoms with Crippen LogP contribution in [-0.4, -0.2) is 16.9 Å². The first-order valence-electron chi connectivity index (χ1n) is 4.59. The van der Waals surface area contributed by atoms with Gasteiger partial charge in [0, 0.05) is 0 Å². The van der Waals surface area contributed by atoms with E-state index in [1.807, 2.05) is 0 Å². The molecule has 0 aliphatic rings. The Bertz CT molecular complexity index is 146. The van der Waals surface area contributed by atoms with E-state index in [1.54, 1.807) is 13.1 Å². The molecule has 0 spiro atoms. The predicted octanol–water partition coefficient (Wildman–Crippen LogP) is -0.926. The Morgan fingerprint density at radius 1 is 1.23 bits per heavy atom. The Hall–Kier alpha value is 0.951. The van der Waals surface area contributed by atoms with Crippen LogP contribution in [0.3, 0.4) is 0 Å². The average Bonchev–Trinajstić information content (AvgIpc) is 1.80. The molecule has 1 unspecified atom stereocenters. The van der Waals surface area contributed by atoms with Crippen molar-refractivity contribution in [2.24, 2.45) is 0 Å². The SMILES string of the molecule is CCC(C)[Si](C)(C)O[Si](C)(C)[O-].[Li+]. The monoisotopic (exact) mass is 212 g/mol. The molecule has 13 heavy (non-hydrogen) atoms. The van der Waals surface area contributed by atoms with Gasteiger partial charge in [0.1, 0.15) is 0 Å². The van der Waals surface area contributed by atoms with Gasteiger partial charge >= 0.3 is 18.9 Å². The zero-order valence-corrected chi connectivity index (χ0v) is 12.1. The van der Waals surface area contributed by atoms with Crippen molar-refractivity contribution in [2.45, 2.75) is 52.0 Å². The minimum atomic E-state index is -2.56. The topological polar surface area (TPSA) is 32.3 Å². The molecule has 0 bridgehead atoms. The van der Waals surface area contributed by atoms with Crippen LogP contribution in [0.15, 0.2) is 0 Å². The van der Waals surface area contributed by atoms with Crippen molar-refractivity contribution in [1.82, 2.24) is 0 Å². The van der Waals surface area contributed by atoms with E-state index in [-0.39, 0.29) is 18.9 Å². The minimum Gasteiger partial charge on any atom is -0.839 e. The van der Waals surface area contributed by atoms with Gasteiger partial charge in [-0.15, -0.1) is 0 Å². The quantitative estimate of drug-likeness (QED) is 0.564. The van der Waals surface area contributed by atoms with E-state index in [9.17, 15) is 4.80 Å². The zero-order chi connectivity index (χ0) is 9.99. The second kappa shape index (κ2) is 5.74. The molecule has 0 aromatic heterocycles. The van der Waals surface area contributed by atoms with Crippen molar-refractivity contribution < 1.29 is 27.8 Å². The van der Waals surface area contributed by atoms with E-state index in [2.05, 4.69) is 26.9 Å². The Morgan fingerprint density at radius 2 is 1.62 bits per heavy atom. The zero-order valence-electron chi connectivity index (χ0n) is 10.1. The van der Waals surface area contributed by atoms with Crippen molar-refractivity contribution in [1.29, 1.82) is 0 Å². The van der Waals surface area contributed by atoms with Crippen LogP contribution in [0.25, 0.3) is 0 Å². The summed E-state index contributed by atoms with van der Waals surface area (Å²) in [5.74, 6) is 0. The molecule has 0 N–H and O–H groups in total. The molecule has 0 radical (unpaired) electrons. The Balaban J connectivity index is 0. The summed E-state index contributed by atoms with van der Waals surface area (Å²) >= 11 is 0. The van der Waals surface area contributed by atoms with Crippen molar-refractivity contribution >= 4 is 16.9 Å². The van der Waals surface area contributed by atoms with Crippen LogP contribution < -0.4 is 23.7 Å². The van der Waals surface area contributed by atoms with Crippen molar-refractivity contribution in [2.75, 3.05) is 0 Å². The third-order valence-corrected chi connectivity index (χ3v) is 9.16. The molecule has 0 aliphatic carbocycles. The van der Waals surface area contributed by atoms with Crippen LogP contribution in [0.2, 0.25) is 31.7 Å². The number of hydrogen-bond donors (Lipinski definition) is 0. The van der Waals surface area contributed by atoms with Crippen molar-refractivity contribution in [3.63, 3.8) is 0 Å². The third-order valence-electron chi connectivity index (χ3n) is 2.31. The summed E-state index contributed by atoms with van der Waals surface area (Å²) in [4.78, 5) is 11.5. The molecular formula is C8H21LiO2Si2.